The predicted molar refractivity (Wildman–Crippen MR) is 92.8 cm³/mol. The normalized spacial score (nSPS) is 27.2. The Morgan fingerprint density at radius 1 is 1.22 bits per heavy atom. The highest BCUT2D eigenvalue weighted by Gasteiger charge is 2.44. The summed E-state index contributed by atoms with van der Waals surface area (Å²) in [5.74, 6) is 0.287. The molecule has 2 aliphatic rings. The minimum atomic E-state index is -0.205. The second-order valence-corrected chi connectivity index (χ2v) is 8.02. The standard InChI is InChI=1S/C19H26ClNO2/c1-18(2)14-19(9-12-23-18,15-5-7-16(20)8-6-15)13-17(22)21-10-3-4-11-21/h5-8H,3-4,9-14H2,1-2H3. The molecular formula is C19H26ClNO2. The van der Waals surface area contributed by atoms with Gasteiger partial charge in [-0.25, -0.2) is 0 Å². The third-order valence-corrected chi connectivity index (χ3v) is 5.49. The molecule has 1 aromatic carbocycles. The maximum absolute atomic E-state index is 12.8. The molecule has 3 rings (SSSR count). The predicted octanol–water partition coefficient (Wildman–Crippen LogP) is 4.18. The summed E-state index contributed by atoms with van der Waals surface area (Å²) >= 11 is 6.06. The molecule has 4 heteroatoms. The second-order valence-electron chi connectivity index (χ2n) is 7.59. The fourth-order valence-electron chi connectivity index (χ4n) is 4.15. The van der Waals surface area contributed by atoms with Crippen molar-refractivity contribution in [3.8, 4) is 0 Å². The topological polar surface area (TPSA) is 29.5 Å². The highest BCUT2D eigenvalue weighted by atomic mass is 35.5. The first-order chi connectivity index (χ1) is 10.9. The molecule has 1 amide bonds. The van der Waals surface area contributed by atoms with Crippen molar-refractivity contribution in [3.05, 3.63) is 34.9 Å². The highest BCUT2D eigenvalue weighted by Crippen LogP contribution is 2.44. The molecule has 0 bridgehead atoms. The van der Waals surface area contributed by atoms with Gasteiger partial charge in [-0.05, 0) is 57.2 Å². The average Bonchev–Trinajstić information content (AvgIpc) is 3.01. The summed E-state index contributed by atoms with van der Waals surface area (Å²) in [5, 5.41) is 0.737. The largest absolute Gasteiger partial charge is 0.376 e. The molecule has 0 N–H and O–H groups in total. The van der Waals surface area contributed by atoms with Gasteiger partial charge < -0.3 is 9.64 Å². The molecule has 2 fully saturated rings. The van der Waals surface area contributed by atoms with Gasteiger partial charge in [0.1, 0.15) is 0 Å². The molecule has 1 unspecified atom stereocenters. The first-order valence-electron chi connectivity index (χ1n) is 8.58. The fourth-order valence-corrected chi connectivity index (χ4v) is 4.27. The molecule has 3 nitrogen and oxygen atoms in total. The van der Waals surface area contributed by atoms with Crippen LogP contribution in [0, 0.1) is 0 Å². The minimum absolute atomic E-state index is 0.147. The van der Waals surface area contributed by atoms with Crippen molar-refractivity contribution >= 4 is 17.5 Å². The number of nitrogens with zero attached hydrogens (tertiary/aromatic N) is 1. The van der Waals surface area contributed by atoms with Crippen LogP contribution in [0.1, 0.15) is 51.5 Å². The number of carbonyl (C=O) groups is 1. The van der Waals surface area contributed by atoms with Gasteiger partial charge >= 0.3 is 0 Å². The van der Waals surface area contributed by atoms with E-state index in [9.17, 15) is 4.79 Å². The summed E-state index contributed by atoms with van der Waals surface area (Å²) in [6.45, 7) is 6.77. The lowest BCUT2D eigenvalue weighted by molar-refractivity contribution is -0.135. The second kappa shape index (κ2) is 6.45. The quantitative estimate of drug-likeness (QED) is 0.829. The van der Waals surface area contributed by atoms with Crippen molar-refractivity contribution in [2.24, 2.45) is 0 Å². The van der Waals surface area contributed by atoms with Crippen LogP contribution < -0.4 is 0 Å². The molecule has 0 saturated carbocycles. The van der Waals surface area contributed by atoms with E-state index < -0.39 is 0 Å². The van der Waals surface area contributed by atoms with Crippen molar-refractivity contribution in [1.29, 1.82) is 0 Å². The number of carbonyl (C=O) groups excluding carboxylic acids is 1. The number of benzene rings is 1. The molecule has 2 aliphatic heterocycles. The Balaban J connectivity index is 1.89. The maximum Gasteiger partial charge on any atom is 0.223 e. The SMILES string of the molecule is CC1(C)CC(CC(=O)N2CCCC2)(c2ccc(Cl)cc2)CCO1. The zero-order valence-electron chi connectivity index (χ0n) is 14.1. The van der Waals surface area contributed by atoms with E-state index in [1.54, 1.807) is 0 Å². The molecule has 23 heavy (non-hydrogen) atoms. The smallest absolute Gasteiger partial charge is 0.223 e. The molecule has 2 saturated heterocycles. The number of rotatable bonds is 3. The van der Waals surface area contributed by atoms with Crippen LogP contribution in [-0.4, -0.2) is 36.1 Å². The number of hydrogen-bond acceptors (Lipinski definition) is 2. The number of ether oxygens (including phenoxy) is 1. The molecule has 126 valence electrons. The Kier molecular flexibility index (Phi) is 4.70. The zero-order valence-corrected chi connectivity index (χ0v) is 14.9. The number of amides is 1. The molecule has 1 aromatic rings. The summed E-state index contributed by atoms with van der Waals surface area (Å²) in [6, 6.07) is 8.03. The van der Waals surface area contributed by atoms with Gasteiger partial charge in [-0.2, -0.15) is 0 Å². The van der Waals surface area contributed by atoms with E-state index in [0.29, 0.717) is 13.0 Å². The lowest BCUT2D eigenvalue weighted by atomic mass is 9.67. The third-order valence-electron chi connectivity index (χ3n) is 5.24. The first kappa shape index (κ1) is 16.8. The summed E-state index contributed by atoms with van der Waals surface area (Å²) in [7, 11) is 0. The molecule has 0 aliphatic carbocycles. The van der Waals surface area contributed by atoms with Gasteiger partial charge in [-0.1, -0.05) is 23.7 Å². The molecule has 2 heterocycles. The van der Waals surface area contributed by atoms with Crippen molar-refractivity contribution in [2.45, 2.75) is 57.0 Å². The molecule has 0 aromatic heterocycles. The van der Waals surface area contributed by atoms with E-state index in [1.807, 2.05) is 17.0 Å². The Labute approximate surface area is 144 Å². The van der Waals surface area contributed by atoms with Crippen LogP contribution in [0.2, 0.25) is 5.02 Å². The molecular weight excluding hydrogens is 310 g/mol. The van der Waals surface area contributed by atoms with Crippen LogP contribution in [0.25, 0.3) is 0 Å². The van der Waals surface area contributed by atoms with Crippen LogP contribution in [0.5, 0.6) is 0 Å². The van der Waals surface area contributed by atoms with E-state index in [0.717, 1.165) is 43.8 Å². The van der Waals surface area contributed by atoms with E-state index in [1.165, 1.54) is 5.56 Å². The van der Waals surface area contributed by atoms with E-state index in [4.69, 9.17) is 16.3 Å². The van der Waals surface area contributed by atoms with Gasteiger partial charge in [0, 0.05) is 36.6 Å². The summed E-state index contributed by atoms with van der Waals surface area (Å²) in [5.41, 5.74) is 0.862. The Morgan fingerprint density at radius 2 is 1.87 bits per heavy atom. The summed E-state index contributed by atoms with van der Waals surface area (Å²) in [4.78, 5) is 14.9. The van der Waals surface area contributed by atoms with Crippen molar-refractivity contribution < 1.29 is 9.53 Å². The number of likely N-dealkylation sites (tertiary alicyclic amines) is 1. The van der Waals surface area contributed by atoms with Gasteiger partial charge in [-0.3, -0.25) is 4.79 Å². The monoisotopic (exact) mass is 335 g/mol. The van der Waals surface area contributed by atoms with Crippen LogP contribution >= 0.6 is 11.6 Å². The molecule has 1 atom stereocenters. The van der Waals surface area contributed by atoms with Gasteiger partial charge in [-0.15, -0.1) is 0 Å². The fraction of sp³-hybridized carbons (Fsp3) is 0.632. The van der Waals surface area contributed by atoms with E-state index >= 15 is 0 Å². The van der Waals surface area contributed by atoms with Gasteiger partial charge in [0.15, 0.2) is 0 Å². The van der Waals surface area contributed by atoms with Crippen LogP contribution in [-0.2, 0) is 14.9 Å². The summed E-state index contributed by atoms with van der Waals surface area (Å²) < 4.78 is 5.92. The lowest BCUT2D eigenvalue weighted by Crippen LogP contribution is -2.46. The van der Waals surface area contributed by atoms with E-state index in [2.05, 4.69) is 26.0 Å². The Morgan fingerprint density at radius 3 is 2.48 bits per heavy atom. The first-order valence-corrected chi connectivity index (χ1v) is 8.96. The molecule has 0 radical (unpaired) electrons. The highest BCUT2D eigenvalue weighted by molar-refractivity contribution is 6.30. The van der Waals surface area contributed by atoms with Crippen molar-refractivity contribution in [3.63, 3.8) is 0 Å². The van der Waals surface area contributed by atoms with Crippen molar-refractivity contribution in [1.82, 2.24) is 4.90 Å². The van der Waals surface area contributed by atoms with Crippen LogP contribution in [0.3, 0.4) is 0 Å². The Bertz CT molecular complexity index is 563. The van der Waals surface area contributed by atoms with Crippen LogP contribution in [0.4, 0.5) is 0 Å². The number of hydrogen-bond donors (Lipinski definition) is 0. The number of halogens is 1. The average molecular weight is 336 g/mol. The van der Waals surface area contributed by atoms with Crippen molar-refractivity contribution in [2.75, 3.05) is 19.7 Å². The van der Waals surface area contributed by atoms with Gasteiger partial charge in [0.25, 0.3) is 0 Å². The third kappa shape index (κ3) is 3.72. The van der Waals surface area contributed by atoms with Gasteiger partial charge in [0.05, 0.1) is 5.60 Å². The van der Waals surface area contributed by atoms with Gasteiger partial charge in [0.2, 0.25) is 5.91 Å². The summed E-state index contributed by atoms with van der Waals surface area (Å²) in [6.07, 6.45) is 4.59. The zero-order chi connectivity index (χ0) is 16.5. The lowest BCUT2D eigenvalue weighted by Gasteiger charge is -2.45. The minimum Gasteiger partial charge on any atom is -0.376 e. The van der Waals surface area contributed by atoms with Crippen LogP contribution in [0.15, 0.2) is 24.3 Å². The molecule has 0 spiro atoms. The Hall–Kier alpha value is -1.06. The van der Waals surface area contributed by atoms with E-state index in [-0.39, 0.29) is 16.9 Å². The maximum atomic E-state index is 12.8.